The Kier molecular flexibility index (Phi) is 2.87. The third kappa shape index (κ3) is 1.90. The van der Waals surface area contributed by atoms with Gasteiger partial charge in [0.2, 0.25) is 0 Å². The van der Waals surface area contributed by atoms with Crippen LogP contribution in [0.1, 0.15) is 10.4 Å². The first-order valence-electron chi connectivity index (χ1n) is 4.46. The summed E-state index contributed by atoms with van der Waals surface area (Å²) in [5.41, 5.74) is 1.70. The molecule has 6 heteroatoms. The van der Waals surface area contributed by atoms with Gasteiger partial charge in [0.05, 0.1) is 18.9 Å². The molecule has 16 heavy (non-hydrogen) atoms. The van der Waals surface area contributed by atoms with E-state index in [-0.39, 0.29) is 0 Å². The smallest absolute Gasteiger partial charge is 0.256 e. The largest absolute Gasteiger partial charge is 0.496 e. The van der Waals surface area contributed by atoms with Gasteiger partial charge in [0.15, 0.2) is 0 Å². The molecule has 2 rings (SSSR count). The van der Waals surface area contributed by atoms with Crippen molar-refractivity contribution in [2.45, 2.75) is 0 Å². The number of benzene rings is 1. The van der Waals surface area contributed by atoms with Crippen LogP contribution in [-0.2, 0) is 0 Å². The molecule has 0 radical (unpaired) electrons. The Bertz CT molecular complexity index is 511. The van der Waals surface area contributed by atoms with E-state index in [0.717, 1.165) is 5.56 Å². The van der Waals surface area contributed by atoms with Gasteiger partial charge in [-0.25, -0.2) is 0 Å². The number of aromatic nitrogens is 3. The van der Waals surface area contributed by atoms with Gasteiger partial charge in [-0.15, -0.1) is 0 Å². The lowest BCUT2D eigenvalue weighted by molar-refractivity contribution is 0.107. The molecule has 0 aliphatic heterocycles. The van der Waals surface area contributed by atoms with E-state index >= 15 is 0 Å². The van der Waals surface area contributed by atoms with Crippen molar-refractivity contribution in [1.82, 2.24) is 15.4 Å². The second-order valence-corrected chi connectivity index (χ2v) is 3.39. The Morgan fingerprint density at radius 3 is 2.88 bits per heavy atom. The first-order chi connectivity index (χ1) is 7.72. The van der Waals surface area contributed by atoms with Crippen LogP contribution in [0.2, 0.25) is 0 Å². The summed E-state index contributed by atoms with van der Waals surface area (Å²) in [4.78, 5) is 11.2. The molecular formula is C10H8ClN3O2. The topological polar surface area (TPSA) is 67.9 Å². The van der Waals surface area contributed by atoms with Gasteiger partial charge < -0.3 is 4.74 Å². The maximum atomic E-state index is 11.2. The first kappa shape index (κ1) is 10.6. The normalized spacial score (nSPS) is 10.1. The SMILES string of the molecule is COc1ccc(-c2cn[nH]n2)cc1C(=O)Cl. The lowest BCUT2D eigenvalue weighted by atomic mass is 10.1. The van der Waals surface area contributed by atoms with Gasteiger partial charge in [-0.05, 0) is 29.8 Å². The van der Waals surface area contributed by atoms with Crippen LogP contribution in [0.4, 0.5) is 0 Å². The highest BCUT2D eigenvalue weighted by Crippen LogP contribution is 2.26. The van der Waals surface area contributed by atoms with E-state index in [1.54, 1.807) is 24.4 Å². The number of nitrogens with zero attached hydrogens (tertiary/aromatic N) is 2. The summed E-state index contributed by atoms with van der Waals surface area (Å²) in [5, 5.41) is 9.53. The van der Waals surface area contributed by atoms with Crippen LogP contribution >= 0.6 is 11.6 Å². The number of nitrogens with one attached hydrogen (secondary N) is 1. The Balaban J connectivity index is 2.51. The first-order valence-corrected chi connectivity index (χ1v) is 4.84. The number of hydrogen-bond donors (Lipinski definition) is 1. The number of carbonyl (C=O) groups excluding carboxylic acids is 1. The number of hydrogen-bond acceptors (Lipinski definition) is 4. The predicted octanol–water partition coefficient (Wildman–Crippen LogP) is 1.86. The Morgan fingerprint density at radius 1 is 1.50 bits per heavy atom. The number of methoxy groups -OCH3 is 1. The monoisotopic (exact) mass is 237 g/mol. The molecule has 0 aliphatic rings. The third-order valence-corrected chi connectivity index (χ3v) is 2.33. The molecule has 1 heterocycles. The maximum absolute atomic E-state index is 11.2. The molecule has 0 fully saturated rings. The molecular weight excluding hydrogens is 230 g/mol. The Hall–Kier alpha value is -1.88. The number of carbonyl (C=O) groups is 1. The zero-order valence-corrected chi connectivity index (χ0v) is 9.15. The van der Waals surface area contributed by atoms with Crippen LogP contribution in [0.15, 0.2) is 24.4 Å². The van der Waals surface area contributed by atoms with Crippen LogP contribution in [0.25, 0.3) is 11.3 Å². The molecule has 1 aromatic heterocycles. The summed E-state index contributed by atoms with van der Waals surface area (Å²) in [6.45, 7) is 0. The van der Waals surface area contributed by atoms with Crippen LogP contribution in [-0.4, -0.2) is 27.8 Å². The van der Waals surface area contributed by atoms with Crippen LogP contribution < -0.4 is 4.74 Å². The fourth-order valence-electron chi connectivity index (χ4n) is 1.36. The standard InChI is InChI=1S/C10H8ClN3O2/c1-16-9-3-2-6(4-7(9)10(11)15)8-5-12-14-13-8/h2-5H,1H3,(H,12,13,14). The molecule has 0 saturated carbocycles. The summed E-state index contributed by atoms with van der Waals surface area (Å²) >= 11 is 5.46. The van der Waals surface area contributed by atoms with E-state index in [2.05, 4.69) is 15.4 Å². The lowest BCUT2D eigenvalue weighted by Crippen LogP contribution is -1.96. The molecule has 0 atom stereocenters. The van der Waals surface area contributed by atoms with Gasteiger partial charge in [0.1, 0.15) is 11.4 Å². The summed E-state index contributed by atoms with van der Waals surface area (Å²) in [6.07, 6.45) is 1.56. The average Bonchev–Trinajstić information content (AvgIpc) is 2.81. The quantitative estimate of drug-likeness (QED) is 0.828. The molecule has 1 aromatic carbocycles. The number of H-pyrrole nitrogens is 1. The molecule has 0 unspecified atom stereocenters. The van der Waals surface area contributed by atoms with E-state index in [1.807, 2.05) is 0 Å². The van der Waals surface area contributed by atoms with Crippen LogP contribution in [0.3, 0.4) is 0 Å². The van der Waals surface area contributed by atoms with Gasteiger partial charge in [-0.2, -0.15) is 15.4 Å². The average molecular weight is 238 g/mol. The van der Waals surface area contributed by atoms with E-state index in [4.69, 9.17) is 16.3 Å². The minimum atomic E-state index is -0.567. The lowest BCUT2D eigenvalue weighted by Gasteiger charge is -2.05. The predicted molar refractivity (Wildman–Crippen MR) is 58.6 cm³/mol. The van der Waals surface area contributed by atoms with Crippen molar-refractivity contribution in [2.75, 3.05) is 7.11 Å². The summed E-state index contributed by atoms with van der Waals surface area (Å²) in [6, 6.07) is 5.06. The molecule has 0 spiro atoms. The summed E-state index contributed by atoms with van der Waals surface area (Å²) < 4.78 is 5.03. The molecule has 82 valence electrons. The Labute approximate surface area is 96.4 Å². The van der Waals surface area contributed by atoms with Crippen molar-refractivity contribution >= 4 is 16.8 Å². The fraction of sp³-hybridized carbons (Fsp3) is 0.100. The van der Waals surface area contributed by atoms with E-state index in [1.165, 1.54) is 7.11 Å². The van der Waals surface area contributed by atoms with E-state index < -0.39 is 5.24 Å². The number of halogens is 1. The molecule has 0 aliphatic carbocycles. The summed E-state index contributed by atoms with van der Waals surface area (Å²) in [7, 11) is 1.48. The molecule has 0 saturated heterocycles. The minimum Gasteiger partial charge on any atom is -0.496 e. The highest BCUT2D eigenvalue weighted by atomic mass is 35.5. The van der Waals surface area contributed by atoms with Gasteiger partial charge in [0, 0.05) is 5.56 Å². The molecule has 0 bridgehead atoms. The minimum absolute atomic E-state index is 0.310. The maximum Gasteiger partial charge on any atom is 0.256 e. The molecule has 1 N–H and O–H groups in total. The van der Waals surface area contributed by atoms with Crippen molar-refractivity contribution in [3.8, 4) is 17.0 Å². The zero-order valence-electron chi connectivity index (χ0n) is 8.40. The van der Waals surface area contributed by atoms with Crippen molar-refractivity contribution in [3.05, 3.63) is 30.0 Å². The van der Waals surface area contributed by atoms with E-state index in [0.29, 0.717) is 17.0 Å². The van der Waals surface area contributed by atoms with E-state index in [9.17, 15) is 4.79 Å². The number of ether oxygens (including phenoxy) is 1. The van der Waals surface area contributed by atoms with Crippen molar-refractivity contribution in [3.63, 3.8) is 0 Å². The van der Waals surface area contributed by atoms with Crippen molar-refractivity contribution in [1.29, 1.82) is 0 Å². The van der Waals surface area contributed by atoms with Crippen LogP contribution in [0, 0.1) is 0 Å². The second kappa shape index (κ2) is 4.32. The van der Waals surface area contributed by atoms with Crippen LogP contribution in [0.5, 0.6) is 5.75 Å². The van der Waals surface area contributed by atoms with Gasteiger partial charge in [-0.3, -0.25) is 4.79 Å². The summed E-state index contributed by atoms with van der Waals surface area (Å²) in [5.74, 6) is 0.437. The fourth-order valence-corrected chi connectivity index (χ4v) is 1.51. The van der Waals surface area contributed by atoms with Crippen molar-refractivity contribution < 1.29 is 9.53 Å². The highest BCUT2D eigenvalue weighted by molar-refractivity contribution is 6.68. The van der Waals surface area contributed by atoms with Gasteiger partial charge >= 0.3 is 0 Å². The second-order valence-electron chi connectivity index (χ2n) is 3.04. The zero-order chi connectivity index (χ0) is 11.5. The van der Waals surface area contributed by atoms with Gasteiger partial charge in [-0.1, -0.05) is 0 Å². The Morgan fingerprint density at radius 2 is 2.31 bits per heavy atom. The molecule has 2 aromatic rings. The third-order valence-electron chi connectivity index (χ3n) is 2.12. The van der Waals surface area contributed by atoms with Crippen molar-refractivity contribution in [2.24, 2.45) is 0 Å². The number of rotatable bonds is 3. The van der Waals surface area contributed by atoms with Gasteiger partial charge in [0.25, 0.3) is 5.24 Å². The highest BCUT2D eigenvalue weighted by Gasteiger charge is 2.12. The molecule has 0 amide bonds. The molecule has 5 nitrogen and oxygen atoms in total. The number of aromatic amines is 1.